The third-order valence-electron chi connectivity index (χ3n) is 5.06. The number of hydrogen-bond acceptors (Lipinski definition) is 5. The lowest BCUT2D eigenvalue weighted by molar-refractivity contribution is -0.384. The fraction of sp³-hybridized carbons (Fsp3) is 0.318. The van der Waals surface area contributed by atoms with E-state index in [1.165, 1.54) is 6.08 Å². The number of amides is 1. The van der Waals surface area contributed by atoms with Crippen molar-refractivity contribution in [2.75, 3.05) is 37.7 Å². The van der Waals surface area contributed by atoms with Crippen molar-refractivity contribution in [3.05, 3.63) is 69.8 Å². The summed E-state index contributed by atoms with van der Waals surface area (Å²) in [5.41, 5.74) is -0.802. The van der Waals surface area contributed by atoms with Crippen molar-refractivity contribution in [3.63, 3.8) is 0 Å². The van der Waals surface area contributed by atoms with Gasteiger partial charge in [0, 0.05) is 43.9 Å². The zero-order valence-electron chi connectivity index (χ0n) is 17.3. The van der Waals surface area contributed by atoms with Gasteiger partial charge >= 0.3 is 6.18 Å². The average Bonchev–Trinajstić information content (AvgIpc) is 2.77. The smallest absolute Gasteiger partial charge is 0.416 e. The molecule has 0 spiro atoms. The molecule has 0 atom stereocenters. The summed E-state index contributed by atoms with van der Waals surface area (Å²) in [5, 5.41) is 11.3. The van der Waals surface area contributed by atoms with E-state index in [9.17, 15) is 28.1 Å². The third kappa shape index (κ3) is 5.37. The van der Waals surface area contributed by atoms with Gasteiger partial charge in [-0.3, -0.25) is 14.9 Å². The van der Waals surface area contributed by atoms with Crippen molar-refractivity contribution in [2.45, 2.75) is 13.1 Å². The van der Waals surface area contributed by atoms with E-state index in [0.717, 1.165) is 17.7 Å². The van der Waals surface area contributed by atoms with Crippen LogP contribution in [0.25, 0.3) is 6.08 Å². The van der Waals surface area contributed by atoms with Gasteiger partial charge in [-0.1, -0.05) is 18.2 Å². The molecule has 1 fully saturated rings. The summed E-state index contributed by atoms with van der Waals surface area (Å²) in [5.74, 6) is 0.441. The number of alkyl halides is 3. The number of nitrogens with zero attached hydrogens (tertiary/aromatic N) is 3. The quantitative estimate of drug-likeness (QED) is 0.372. The van der Waals surface area contributed by atoms with Gasteiger partial charge in [0.25, 0.3) is 5.69 Å². The molecule has 1 amide bonds. The SMILES string of the molecule is CCOc1ccccc1/C=C/C(=O)N1CCN(c2ccc(C(F)(F)F)cc2[N+](=O)[O-])CC1. The summed E-state index contributed by atoms with van der Waals surface area (Å²) >= 11 is 0. The number of para-hydroxylation sites is 1. The van der Waals surface area contributed by atoms with Gasteiger partial charge in [-0.2, -0.15) is 13.2 Å². The lowest BCUT2D eigenvalue weighted by atomic mass is 10.1. The number of carbonyl (C=O) groups is 1. The van der Waals surface area contributed by atoms with Gasteiger partial charge in [-0.15, -0.1) is 0 Å². The monoisotopic (exact) mass is 449 g/mol. The Balaban J connectivity index is 1.68. The van der Waals surface area contributed by atoms with Crippen LogP contribution in [0.1, 0.15) is 18.1 Å². The van der Waals surface area contributed by atoms with Gasteiger partial charge in [0.2, 0.25) is 5.91 Å². The molecule has 1 aliphatic heterocycles. The molecule has 7 nitrogen and oxygen atoms in total. The number of ether oxygens (including phenoxy) is 1. The minimum atomic E-state index is -4.67. The highest BCUT2D eigenvalue weighted by Gasteiger charge is 2.34. The molecule has 0 N–H and O–H groups in total. The van der Waals surface area contributed by atoms with Gasteiger partial charge in [0.15, 0.2) is 0 Å². The Bertz CT molecular complexity index is 1020. The number of hydrogen-bond donors (Lipinski definition) is 0. The number of carbonyl (C=O) groups excluding carboxylic acids is 1. The van der Waals surface area contributed by atoms with E-state index in [1.54, 1.807) is 15.9 Å². The molecule has 3 rings (SSSR count). The highest BCUT2D eigenvalue weighted by molar-refractivity contribution is 5.92. The van der Waals surface area contributed by atoms with Crippen molar-refractivity contribution in [1.82, 2.24) is 4.90 Å². The van der Waals surface area contributed by atoms with Gasteiger partial charge in [-0.05, 0) is 31.2 Å². The normalized spacial score (nSPS) is 14.6. The second-order valence-corrected chi connectivity index (χ2v) is 7.07. The van der Waals surface area contributed by atoms with Gasteiger partial charge in [-0.25, -0.2) is 0 Å². The summed E-state index contributed by atoms with van der Waals surface area (Å²) in [6.07, 6.45) is -1.56. The zero-order chi connectivity index (χ0) is 23.3. The molecular formula is C22H22F3N3O4. The van der Waals surface area contributed by atoms with Crippen molar-refractivity contribution in [3.8, 4) is 5.75 Å². The van der Waals surface area contributed by atoms with E-state index >= 15 is 0 Å². The molecule has 0 bridgehead atoms. The van der Waals surface area contributed by atoms with Crippen LogP contribution >= 0.6 is 0 Å². The molecule has 32 heavy (non-hydrogen) atoms. The molecule has 2 aromatic carbocycles. The van der Waals surface area contributed by atoms with E-state index in [4.69, 9.17) is 4.74 Å². The number of piperazine rings is 1. The number of halogens is 3. The van der Waals surface area contributed by atoms with E-state index in [0.29, 0.717) is 18.4 Å². The van der Waals surface area contributed by atoms with E-state index in [-0.39, 0.29) is 37.8 Å². The number of nitro groups is 1. The Labute approximate surface area is 182 Å². The Morgan fingerprint density at radius 1 is 1.16 bits per heavy atom. The van der Waals surface area contributed by atoms with Crippen LogP contribution in [0.4, 0.5) is 24.5 Å². The second kappa shape index (κ2) is 9.71. The van der Waals surface area contributed by atoms with Gasteiger partial charge in [0.1, 0.15) is 11.4 Å². The topological polar surface area (TPSA) is 75.9 Å². The van der Waals surface area contributed by atoms with Crippen LogP contribution in [-0.4, -0.2) is 48.5 Å². The largest absolute Gasteiger partial charge is 0.493 e. The molecule has 0 saturated carbocycles. The molecule has 1 aliphatic rings. The van der Waals surface area contributed by atoms with Crippen LogP contribution < -0.4 is 9.64 Å². The molecule has 1 heterocycles. The number of anilines is 1. The first kappa shape index (κ1) is 23.1. The highest BCUT2D eigenvalue weighted by atomic mass is 19.4. The molecule has 0 radical (unpaired) electrons. The first-order chi connectivity index (χ1) is 15.2. The van der Waals surface area contributed by atoms with E-state index < -0.39 is 22.4 Å². The third-order valence-corrected chi connectivity index (χ3v) is 5.06. The van der Waals surface area contributed by atoms with E-state index in [2.05, 4.69) is 0 Å². The lowest BCUT2D eigenvalue weighted by Crippen LogP contribution is -2.48. The van der Waals surface area contributed by atoms with Crippen LogP contribution in [0.5, 0.6) is 5.75 Å². The van der Waals surface area contributed by atoms with Crippen LogP contribution in [0.3, 0.4) is 0 Å². The van der Waals surface area contributed by atoms with Crippen molar-refractivity contribution < 1.29 is 27.6 Å². The average molecular weight is 449 g/mol. The van der Waals surface area contributed by atoms with Crippen LogP contribution in [0, 0.1) is 10.1 Å². The van der Waals surface area contributed by atoms with Crippen LogP contribution in [0.15, 0.2) is 48.5 Å². The summed E-state index contributed by atoms with van der Waals surface area (Å²) in [4.78, 5) is 26.3. The summed E-state index contributed by atoms with van der Waals surface area (Å²) in [6.45, 7) is 3.47. The maximum Gasteiger partial charge on any atom is 0.416 e. The fourth-order valence-corrected chi connectivity index (χ4v) is 3.45. The first-order valence-corrected chi connectivity index (χ1v) is 10.00. The Hall–Kier alpha value is -3.56. The highest BCUT2D eigenvalue weighted by Crippen LogP contribution is 2.36. The molecule has 1 saturated heterocycles. The molecule has 0 unspecified atom stereocenters. The minimum Gasteiger partial charge on any atom is -0.493 e. The summed E-state index contributed by atoms with van der Waals surface area (Å²) in [6, 6.07) is 9.80. The Kier molecular flexibility index (Phi) is 7.01. The molecular weight excluding hydrogens is 427 g/mol. The number of nitro benzene ring substituents is 1. The van der Waals surface area contributed by atoms with Crippen molar-refractivity contribution >= 4 is 23.4 Å². The predicted octanol–water partition coefficient (Wildman–Crippen LogP) is 4.37. The van der Waals surface area contributed by atoms with Crippen molar-refractivity contribution in [1.29, 1.82) is 0 Å². The van der Waals surface area contributed by atoms with E-state index in [1.807, 2.05) is 31.2 Å². The van der Waals surface area contributed by atoms with Gasteiger partial charge in [0.05, 0.1) is 17.1 Å². The number of benzene rings is 2. The summed E-state index contributed by atoms with van der Waals surface area (Å²) in [7, 11) is 0. The van der Waals surface area contributed by atoms with Crippen molar-refractivity contribution in [2.24, 2.45) is 0 Å². The lowest BCUT2D eigenvalue weighted by Gasteiger charge is -2.35. The minimum absolute atomic E-state index is 0.108. The summed E-state index contributed by atoms with van der Waals surface area (Å²) < 4.78 is 44.3. The second-order valence-electron chi connectivity index (χ2n) is 7.07. The maximum atomic E-state index is 12.9. The fourth-order valence-electron chi connectivity index (χ4n) is 3.45. The Morgan fingerprint density at radius 3 is 2.47 bits per heavy atom. The number of rotatable bonds is 6. The maximum absolute atomic E-state index is 12.9. The molecule has 2 aromatic rings. The molecule has 0 aromatic heterocycles. The molecule has 170 valence electrons. The molecule has 10 heteroatoms. The van der Waals surface area contributed by atoms with Crippen LogP contribution in [0.2, 0.25) is 0 Å². The molecule has 0 aliphatic carbocycles. The van der Waals surface area contributed by atoms with Gasteiger partial charge < -0.3 is 14.5 Å². The predicted molar refractivity (Wildman–Crippen MR) is 114 cm³/mol. The van der Waals surface area contributed by atoms with Crippen LogP contribution in [-0.2, 0) is 11.0 Å². The first-order valence-electron chi connectivity index (χ1n) is 10.00. The standard InChI is InChI=1S/C22H22F3N3O4/c1-2-32-20-6-4-3-5-16(20)7-10-21(29)27-13-11-26(12-14-27)18-9-8-17(22(23,24)25)15-19(18)28(30)31/h3-10,15H,2,11-14H2,1H3/b10-7+. The zero-order valence-corrected chi connectivity index (χ0v) is 17.3. The Morgan fingerprint density at radius 2 is 1.84 bits per heavy atom.